The summed E-state index contributed by atoms with van der Waals surface area (Å²) in [7, 11) is 0. The van der Waals surface area contributed by atoms with Gasteiger partial charge < -0.3 is 5.73 Å². The van der Waals surface area contributed by atoms with E-state index in [4.69, 9.17) is 5.73 Å². The molecule has 0 aliphatic carbocycles. The van der Waals surface area contributed by atoms with E-state index >= 15 is 0 Å². The van der Waals surface area contributed by atoms with Gasteiger partial charge in [0.05, 0.1) is 4.88 Å². The Morgan fingerprint density at radius 3 is 2.64 bits per heavy atom. The Morgan fingerprint density at radius 2 is 2.07 bits per heavy atom. The SMILES string of the molecule is Cc1cc(N)nc(-c2sccc2C)n1. The Morgan fingerprint density at radius 1 is 1.29 bits per heavy atom. The second kappa shape index (κ2) is 3.38. The van der Waals surface area contributed by atoms with Gasteiger partial charge in [0.15, 0.2) is 5.82 Å². The Labute approximate surface area is 86.6 Å². The molecule has 72 valence electrons. The molecule has 2 aromatic rings. The molecule has 0 spiro atoms. The standard InChI is InChI=1S/C10H11N3S/c1-6-3-4-14-9(6)10-12-7(2)5-8(11)13-10/h3-5H,1-2H3,(H2,11,12,13). The van der Waals surface area contributed by atoms with Crippen molar-refractivity contribution in [2.24, 2.45) is 0 Å². The van der Waals surface area contributed by atoms with Crippen molar-refractivity contribution in [3.05, 3.63) is 28.8 Å². The number of nitrogens with zero attached hydrogens (tertiary/aromatic N) is 2. The molecule has 14 heavy (non-hydrogen) atoms. The van der Waals surface area contributed by atoms with Crippen LogP contribution in [0.5, 0.6) is 0 Å². The number of nitrogens with two attached hydrogens (primary N) is 1. The first-order chi connectivity index (χ1) is 6.66. The fourth-order valence-electron chi connectivity index (χ4n) is 1.30. The van der Waals surface area contributed by atoms with Crippen LogP contribution in [0.4, 0.5) is 5.82 Å². The molecular weight excluding hydrogens is 194 g/mol. The van der Waals surface area contributed by atoms with E-state index in [1.807, 2.05) is 19.2 Å². The van der Waals surface area contributed by atoms with Crippen molar-refractivity contribution >= 4 is 17.2 Å². The van der Waals surface area contributed by atoms with Crippen LogP contribution < -0.4 is 5.73 Å². The highest BCUT2D eigenvalue weighted by Crippen LogP contribution is 2.26. The zero-order chi connectivity index (χ0) is 10.1. The van der Waals surface area contributed by atoms with E-state index in [9.17, 15) is 0 Å². The number of rotatable bonds is 1. The molecule has 0 aliphatic rings. The van der Waals surface area contributed by atoms with E-state index in [2.05, 4.69) is 16.0 Å². The average molecular weight is 205 g/mol. The Bertz CT molecular complexity index is 442. The fraction of sp³-hybridized carbons (Fsp3) is 0.200. The Balaban J connectivity index is 2.57. The summed E-state index contributed by atoms with van der Waals surface area (Å²) in [5.41, 5.74) is 7.77. The second-order valence-corrected chi connectivity index (χ2v) is 4.11. The molecule has 2 heterocycles. The van der Waals surface area contributed by atoms with Crippen molar-refractivity contribution in [1.82, 2.24) is 9.97 Å². The number of aromatic nitrogens is 2. The molecule has 4 heteroatoms. The zero-order valence-corrected chi connectivity index (χ0v) is 8.93. The minimum Gasteiger partial charge on any atom is -0.384 e. The van der Waals surface area contributed by atoms with E-state index in [0.29, 0.717) is 5.82 Å². The molecule has 0 aromatic carbocycles. The van der Waals surface area contributed by atoms with Crippen LogP contribution in [-0.4, -0.2) is 9.97 Å². The molecule has 0 aliphatic heterocycles. The number of aryl methyl sites for hydroxylation is 2. The van der Waals surface area contributed by atoms with Gasteiger partial charge in [0.25, 0.3) is 0 Å². The molecule has 0 atom stereocenters. The summed E-state index contributed by atoms with van der Waals surface area (Å²) >= 11 is 1.64. The molecule has 2 N–H and O–H groups in total. The molecule has 0 bridgehead atoms. The van der Waals surface area contributed by atoms with Crippen molar-refractivity contribution in [2.75, 3.05) is 5.73 Å². The minimum absolute atomic E-state index is 0.528. The molecule has 0 saturated carbocycles. The van der Waals surface area contributed by atoms with Gasteiger partial charge in [-0.1, -0.05) is 0 Å². The topological polar surface area (TPSA) is 51.8 Å². The monoisotopic (exact) mass is 205 g/mol. The Hall–Kier alpha value is -1.42. The number of nitrogen functional groups attached to an aromatic ring is 1. The molecule has 3 nitrogen and oxygen atoms in total. The average Bonchev–Trinajstić information content (AvgIpc) is 2.49. The first kappa shape index (κ1) is 9.15. The van der Waals surface area contributed by atoms with Crippen LogP contribution in [0.3, 0.4) is 0 Å². The number of hydrogen-bond donors (Lipinski definition) is 1. The van der Waals surface area contributed by atoms with Crippen LogP contribution >= 0.6 is 11.3 Å². The molecule has 2 aromatic heterocycles. The lowest BCUT2D eigenvalue weighted by Gasteiger charge is -2.01. The zero-order valence-electron chi connectivity index (χ0n) is 8.11. The highest BCUT2D eigenvalue weighted by Gasteiger charge is 2.07. The first-order valence-corrected chi connectivity index (χ1v) is 5.20. The smallest absolute Gasteiger partial charge is 0.172 e. The summed E-state index contributed by atoms with van der Waals surface area (Å²) in [6.45, 7) is 3.97. The van der Waals surface area contributed by atoms with Gasteiger partial charge in [0.1, 0.15) is 5.82 Å². The van der Waals surface area contributed by atoms with Gasteiger partial charge in [-0.3, -0.25) is 0 Å². The molecule has 0 unspecified atom stereocenters. The van der Waals surface area contributed by atoms with Gasteiger partial charge in [-0.25, -0.2) is 9.97 Å². The molecular formula is C10H11N3S. The summed E-state index contributed by atoms with van der Waals surface area (Å²) in [5, 5.41) is 2.03. The Kier molecular flexibility index (Phi) is 2.21. The van der Waals surface area contributed by atoms with Crippen LogP contribution in [0.25, 0.3) is 10.7 Å². The minimum atomic E-state index is 0.528. The maximum atomic E-state index is 5.67. The largest absolute Gasteiger partial charge is 0.384 e. The first-order valence-electron chi connectivity index (χ1n) is 4.32. The van der Waals surface area contributed by atoms with E-state index in [-0.39, 0.29) is 0 Å². The summed E-state index contributed by atoms with van der Waals surface area (Å²) < 4.78 is 0. The van der Waals surface area contributed by atoms with Crippen molar-refractivity contribution < 1.29 is 0 Å². The van der Waals surface area contributed by atoms with Crippen molar-refractivity contribution in [3.8, 4) is 10.7 Å². The molecule has 0 saturated heterocycles. The van der Waals surface area contributed by atoms with Crippen molar-refractivity contribution in [3.63, 3.8) is 0 Å². The number of thiophene rings is 1. The third-order valence-electron chi connectivity index (χ3n) is 1.94. The highest BCUT2D eigenvalue weighted by molar-refractivity contribution is 7.13. The van der Waals surface area contributed by atoms with Crippen LogP contribution in [0.15, 0.2) is 17.5 Å². The van der Waals surface area contributed by atoms with Crippen LogP contribution in [0.1, 0.15) is 11.3 Å². The van der Waals surface area contributed by atoms with Gasteiger partial charge in [0, 0.05) is 11.8 Å². The van der Waals surface area contributed by atoms with Gasteiger partial charge >= 0.3 is 0 Å². The van der Waals surface area contributed by atoms with Crippen molar-refractivity contribution in [2.45, 2.75) is 13.8 Å². The van der Waals surface area contributed by atoms with E-state index in [0.717, 1.165) is 16.4 Å². The van der Waals surface area contributed by atoms with Crippen LogP contribution in [0.2, 0.25) is 0 Å². The molecule has 2 rings (SSSR count). The summed E-state index contributed by atoms with van der Waals surface area (Å²) in [6, 6.07) is 3.83. The molecule has 0 amide bonds. The van der Waals surface area contributed by atoms with Gasteiger partial charge in [-0.15, -0.1) is 11.3 Å². The maximum absolute atomic E-state index is 5.67. The summed E-state index contributed by atoms with van der Waals surface area (Å²) in [6.07, 6.45) is 0. The fourth-order valence-corrected chi connectivity index (χ4v) is 2.16. The third-order valence-corrected chi connectivity index (χ3v) is 2.95. The lowest BCUT2D eigenvalue weighted by molar-refractivity contribution is 1.12. The number of hydrogen-bond acceptors (Lipinski definition) is 4. The molecule has 0 radical (unpaired) electrons. The normalized spacial score (nSPS) is 10.4. The van der Waals surface area contributed by atoms with Crippen molar-refractivity contribution in [1.29, 1.82) is 0 Å². The van der Waals surface area contributed by atoms with Gasteiger partial charge in [-0.2, -0.15) is 0 Å². The summed E-state index contributed by atoms with van der Waals surface area (Å²) in [5.74, 6) is 1.26. The lowest BCUT2D eigenvalue weighted by Crippen LogP contribution is -1.97. The third kappa shape index (κ3) is 1.61. The summed E-state index contributed by atoms with van der Waals surface area (Å²) in [4.78, 5) is 9.67. The van der Waals surface area contributed by atoms with Crippen LogP contribution in [-0.2, 0) is 0 Å². The quantitative estimate of drug-likeness (QED) is 0.777. The predicted molar refractivity (Wildman–Crippen MR) is 59.2 cm³/mol. The predicted octanol–water partition coefficient (Wildman–Crippen LogP) is 2.40. The lowest BCUT2D eigenvalue weighted by atomic mass is 10.3. The van der Waals surface area contributed by atoms with E-state index in [1.54, 1.807) is 17.4 Å². The van der Waals surface area contributed by atoms with Gasteiger partial charge in [0.2, 0.25) is 0 Å². The highest BCUT2D eigenvalue weighted by atomic mass is 32.1. The van der Waals surface area contributed by atoms with Gasteiger partial charge in [-0.05, 0) is 30.9 Å². The second-order valence-electron chi connectivity index (χ2n) is 3.19. The van der Waals surface area contributed by atoms with Crippen LogP contribution in [0, 0.1) is 13.8 Å². The number of anilines is 1. The van der Waals surface area contributed by atoms with E-state index in [1.165, 1.54) is 5.56 Å². The maximum Gasteiger partial charge on any atom is 0.172 e. The molecule has 0 fully saturated rings. The van der Waals surface area contributed by atoms with E-state index < -0.39 is 0 Å².